The Morgan fingerprint density at radius 2 is 1.43 bits per heavy atom. The maximum absolute atomic E-state index is 12.2. The quantitative estimate of drug-likeness (QED) is 0.759. The van der Waals surface area contributed by atoms with Crippen molar-refractivity contribution >= 4 is 18.6 Å². The maximum Gasteiger partial charge on any atom is 0.529 e. The number of fused-ring (bicyclic) bond motifs is 1. The molecule has 0 atom stereocenters. The molecule has 114 valence electrons. The van der Waals surface area contributed by atoms with Gasteiger partial charge in [0, 0.05) is 19.6 Å². The summed E-state index contributed by atoms with van der Waals surface area (Å²) >= 11 is 0. The van der Waals surface area contributed by atoms with Crippen LogP contribution in [0.3, 0.4) is 0 Å². The van der Waals surface area contributed by atoms with Crippen LogP contribution in [0.2, 0.25) is 0 Å². The largest absolute Gasteiger partial charge is 0.529 e. The highest BCUT2D eigenvalue weighted by molar-refractivity contribution is 7.48. The molecular weight excluding hydrogens is 295 g/mol. The van der Waals surface area contributed by atoms with E-state index in [1.165, 1.54) is 14.2 Å². The monoisotopic (exact) mass is 312 g/mol. The Labute approximate surface area is 123 Å². The van der Waals surface area contributed by atoms with Crippen LogP contribution < -0.4 is 14.0 Å². The number of phosphoric ester groups is 1. The van der Waals surface area contributed by atoms with Crippen molar-refractivity contribution in [3.8, 4) is 17.2 Å². The highest BCUT2D eigenvalue weighted by Gasteiger charge is 2.26. The van der Waals surface area contributed by atoms with Gasteiger partial charge in [-0.05, 0) is 18.2 Å². The Hall–Kier alpha value is -1.75. The summed E-state index contributed by atoms with van der Waals surface area (Å²) in [6, 6.07) is 8.81. The van der Waals surface area contributed by atoms with E-state index >= 15 is 0 Å². The summed E-state index contributed by atoms with van der Waals surface area (Å²) in [5.41, 5.74) is 0. The number of hydrogen-bond acceptors (Lipinski definition) is 6. The minimum atomic E-state index is -3.66. The normalized spacial score (nSPS) is 11.4. The van der Waals surface area contributed by atoms with Gasteiger partial charge in [0.1, 0.15) is 17.2 Å². The molecule has 0 amide bonds. The van der Waals surface area contributed by atoms with E-state index in [9.17, 15) is 4.57 Å². The van der Waals surface area contributed by atoms with Crippen LogP contribution in [-0.4, -0.2) is 28.4 Å². The Morgan fingerprint density at radius 3 is 2.00 bits per heavy atom. The first-order chi connectivity index (χ1) is 10.1. The maximum atomic E-state index is 12.2. The second kappa shape index (κ2) is 6.35. The molecule has 0 aliphatic rings. The molecule has 0 unspecified atom stereocenters. The van der Waals surface area contributed by atoms with Gasteiger partial charge in [-0.1, -0.05) is 12.1 Å². The lowest BCUT2D eigenvalue weighted by atomic mass is 10.1. The van der Waals surface area contributed by atoms with Gasteiger partial charge in [-0.2, -0.15) is 0 Å². The van der Waals surface area contributed by atoms with Crippen molar-refractivity contribution < 1.29 is 27.6 Å². The molecule has 0 aliphatic heterocycles. The van der Waals surface area contributed by atoms with Crippen molar-refractivity contribution in [3.63, 3.8) is 0 Å². The highest BCUT2D eigenvalue weighted by atomic mass is 31.2. The fraction of sp³-hybridized carbons (Fsp3) is 0.286. The van der Waals surface area contributed by atoms with Gasteiger partial charge < -0.3 is 14.0 Å². The van der Waals surface area contributed by atoms with Gasteiger partial charge in [-0.3, -0.25) is 9.05 Å². The van der Waals surface area contributed by atoms with Gasteiger partial charge in [-0.15, -0.1) is 0 Å². The molecule has 2 aromatic rings. The topological polar surface area (TPSA) is 63.2 Å². The average molecular weight is 312 g/mol. The Bertz CT molecular complexity index is 676. The Morgan fingerprint density at radius 1 is 0.810 bits per heavy atom. The zero-order valence-corrected chi connectivity index (χ0v) is 13.2. The average Bonchev–Trinajstić information content (AvgIpc) is 2.54. The number of methoxy groups -OCH3 is 2. The van der Waals surface area contributed by atoms with Gasteiger partial charge in [0.2, 0.25) is 0 Å². The molecular formula is C14H17O6P. The minimum Gasteiger partial charge on any atom is -0.496 e. The van der Waals surface area contributed by atoms with Crippen molar-refractivity contribution in [2.24, 2.45) is 0 Å². The van der Waals surface area contributed by atoms with E-state index < -0.39 is 7.82 Å². The molecule has 2 aromatic carbocycles. The van der Waals surface area contributed by atoms with E-state index in [1.54, 1.807) is 32.4 Å². The first-order valence-electron chi connectivity index (χ1n) is 6.13. The number of rotatable bonds is 6. The lowest BCUT2D eigenvalue weighted by Crippen LogP contribution is -1.99. The molecule has 6 nitrogen and oxygen atoms in total. The van der Waals surface area contributed by atoms with Crippen LogP contribution in [0.5, 0.6) is 17.2 Å². The van der Waals surface area contributed by atoms with Crippen molar-refractivity contribution in [1.82, 2.24) is 0 Å². The first-order valence-corrected chi connectivity index (χ1v) is 7.59. The molecule has 0 N–H and O–H groups in total. The smallest absolute Gasteiger partial charge is 0.496 e. The standard InChI is InChI=1S/C14H17O6P/c1-16-11-8-9-13(20-21(15,18-3)19-4)14-10(11)6-5-7-12(14)17-2/h5-9H,1-4H3. The summed E-state index contributed by atoms with van der Waals surface area (Å²) in [4.78, 5) is 0. The lowest BCUT2D eigenvalue weighted by Gasteiger charge is -2.18. The predicted molar refractivity (Wildman–Crippen MR) is 79.3 cm³/mol. The molecule has 7 heteroatoms. The molecule has 2 rings (SSSR count). The van der Waals surface area contributed by atoms with Gasteiger partial charge >= 0.3 is 7.82 Å². The molecule has 0 saturated heterocycles. The van der Waals surface area contributed by atoms with Crippen LogP contribution in [0.25, 0.3) is 10.8 Å². The third-order valence-electron chi connectivity index (χ3n) is 3.02. The SMILES string of the molecule is COc1ccc(OP(=O)(OC)OC)c2c(OC)cccc12. The van der Waals surface area contributed by atoms with E-state index in [2.05, 4.69) is 0 Å². The summed E-state index contributed by atoms with van der Waals surface area (Å²) in [6.07, 6.45) is 0. The van der Waals surface area contributed by atoms with Gasteiger partial charge in [0.15, 0.2) is 0 Å². The van der Waals surface area contributed by atoms with Gasteiger partial charge in [0.05, 0.1) is 19.6 Å². The van der Waals surface area contributed by atoms with Crippen molar-refractivity contribution in [2.75, 3.05) is 28.4 Å². The minimum absolute atomic E-state index is 0.329. The number of benzene rings is 2. The van der Waals surface area contributed by atoms with Gasteiger partial charge in [-0.25, -0.2) is 4.57 Å². The zero-order valence-electron chi connectivity index (χ0n) is 12.3. The van der Waals surface area contributed by atoms with E-state index in [1.807, 2.05) is 12.1 Å². The number of hydrogen-bond donors (Lipinski definition) is 0. The Balaban J connectivity index is 2.67. The van der Waals surface area contributed by atoms with Crippen LogP contribution >= 0.6 is 7.82 Å². The van der Waals surface area contributed by atoms with Crippen LogP contribution in [0, 0.1) is 0 Å². The number of ether oxygens (including phenoxy) is 2. The van der Waals surface area contributed by atoms with Crippen molar-refractivity contribution in [1.29, 1.82) is 0 Å². The first kappa shape index (κ1) is 15.6. The Kier molecular flexibility index (Phi) is 4.73. The van der Waals surface area contributed by atoms with E-state index in [4.69, 9.17) is 23.0 Å². The van der Waals surface area contributed by atoms with Crippen LogP contribution in [0.1, 0.15) is 0 Å². The van der Waals surface area contributed by atoms with Crippen LogP contribution in [0.4, 0.5) is 0 Å². The molecule has 0 saturated carbocycles. The van der Waals surface area contributed by atoms with Crippen LogP contribution in [0.15, 0.2) is 30.3 Å². The molecule has 0 aliphatic carbocycles. The highest BCUT2D eigenvalue weighted by Crippen LogP contribution is 2.51. The summed E-state index contributed by atoms with van der Waals surface area (Å²) in [5.74, 6) is 1.55. The fourth-order valence-corrected chi connectivity index (χ4v) is 2.70. The summed E-state index contributed by atoms with van der Waals surface area (Å²) in [6.45, 7) is 0. The molecule has 0 radical (unpaired) electrons. The van der Waals surface area contributed by atoms with E-state index in [0.717, 1.165) is 5.39 Å². The third-order valence-corrected chi connectivity index (χ3v) is 4.34. The summed E-state index contributed by atoms with van der Waals surface area (Å²) in [7, 11) is 1.98. The number of phosphoric acid groups is 1. The third kappa shape index (κ3) is 2.97. The molecule has 0 fully saturated rings. The lowest BCUT2D eigenvalue weighted by molar-refractivity contribution is 0.211. The molecule has 0 aromatic heterocycles. The predicted octanol–water partition coefficient (Wildman–Crippen LogP) is 3.64. The van der Waals surface area contributed by atoms with Crippen molar-refractivity contribution in [2.45, 2.75) is 0 Å². The molecule has 0 bridgehead atoms. The van der Waals surface area contributed by atoms with Crippen LogP contribution in [-0.2, 0) is 13.6 Å². The second-order valence-corrected chi connectivity index (χ2v) is 5.86. The summed E-state index contributed by atoms with van der Waals surface area (Å²) in [5, 5.41) is 1.40. The summed E-state index contributed by atoms with van der Waals surface area (Å²) < 4.78 is 37.9. The second-order valence-electron chi connectivity index (χ2n) is 4.05. The molecule has 0 spiro atoms. The fourth-order valence-electron chi connectivity index (χ4n) is 2.01. The van der Waals surface area contributed by atoms with Gasteiger partial charge in [0.25, 0.3) is 0 Å². The zero-order chi connectivity index (χ0) is 15.5. The molecule has 21 heavy (non-hydrogen) atoms. The molecule has 0 heterocycles. The van der Waals surface area contributed by atoms with E-state index in [-0.39, 0.29) is 0 Å². The van der Waals surface area contributed by atoms with Crippen molar-refractivity contribution in [3.05, 3.63) is 30.3 Å². The van der Waals surface area contributed by atoms with E-state index in [0.29, 0.717) is 22.6 Å².